The van der Waals surface area contributed by atoms with Crippen molar-refractivity contribution in [2.75, 3.05) is 7.11 Å². The molecule has 0 aliphatic carbocycles. The van der Waals surface area contributed by atoms with Gasteiger partial charge < -0.3 is 4.74 Å². The van der Waals surface area contributed by atoms with Crippen LogP contribution < -0.4 is 10.0 Å². The number of methoxy groups -OCH3 is 1. The van der Waals surface area contributed by atoms with Crippen LogP contribution >= 0.6 is 8.58 Å². The molecule has 2 rings (SSSR count). The molecule has 0 radical (unpaired) electrons. The molecule has 28 heavy (non-hydrogen) atoms. The highest BCUT2D eigenvalue weighted by Crippen LogP contribution is 2.53. The van der Waals surface area contributed by atoms with Crippen LogP contribution in [0.15, 0.2) is 36.4 Å². The van der Waals surface area contributed by atoms with E-state index < -0.39 is 0 Å². The summed E-state index contributed by atoms with van der Waals surface area (Å²) in [5.74, 6) is 1.02. The minimum Gasteiger partial charge on any atom is -0.496 e. The maximum atomic E-state index is 11.6. The van der Waals surface area contributed by atoms with Gasteiger partial charge in [0, 0.05) is 21.8 Å². The van der Waals surface area contributed by atoms with Gasteiger partial charge in [0.05, 0.1) is 7.11 Å². The van der Waals surface area contributed by atoms with Crippen LogP contribution in [-0.2, 0) is 10.6 Å². The molecule has 0 fully saturated rings. The van der Waals surface area contributed by atoms with E-state index in [1.165, 1.54) is 16.7 Å². The first-order chi connectivity index (χ1) is 13.2. The average molecular weight is 399 g/mol. The number of ether oxygens (including phenoxy) is 1. The van der Waals surface area contributed by atoms with E-state index in [-0.39, 0.29) is 10.6 Å². The lowest BCUT2D eigenvalue weighted by atomic mass is 9.80. The molecule has 0 aliphatic heterocycles. The summed E-state index contributed by atoms with van der Waals surface area (Å²) >= 11 is 0. The molecule has 0 saturated carbocycles. The second-order valence-electron chi connectivity index (χ2n) is 8.66. The summed E-state index contributed by atoms with van der Waals surface area (Å²) in [4.78, 5) is 11.6. The molecule has 2 unspecified atom stereocenters. The molecule has 2 nitrogen and oxygen atoms in total. The van der Waals surface area contributed by atoms with Crippen LogP contribution in [0.2, 0.25) is 0 Å². The van der Waals surface area contributed by atoms with Crippen molar-refractivity contribution in [1.29, 1.82) is 0 Å². The van der Waals surface area contributed by atoms with E-state index >= 15 is 0 Å². The molecule has 0 N–H and O–H groups in total. The average Bonchev–Trinajstić information content (AvgIpc) is 2.66. The predicted molar refractivity (Wildman–Crippen MR) is 123 cm³/mol. The number of aryl methyl sites for hydroxylation is 1. The van der Waals surface area contributed by atoms with Crippen molar-refractivity contribution < 1.29 is 9.53 Å². The van der Waals surface area contributed by atoms with E-state index in [2.05, 4.69) is 59.7 Å². The molecule has 0 heterocycles. The summed E-state index contributed by atoms with van der Waals surface area (Å²) in [5.41, 5.74) is 4.62. The Kier molecular flexibility index (Phi) is 7.46. The van der Waals surface area contributed by atoms with E-state index in [4.69, 9.17) is 4.74 Å². The normalized spacial score (nSPS) is 14.2. The molecule has 0 spiro atoms. The molecule has 0 saturated heterocycles. The summed E-state index contributed by atoms with van der Waals surface area (Å²) < 4.78 is 6.04. The largest absolute Gasteiger partial charge is 0.496 e. The van der Waals surface area contributed by atoms with E-state index in [0.29, 0.717) is 8.58 Å². The Hall–Kier alpha value is -1.66. The third-order valence-corrected chi connectivity index (χ3v) is 7.58. The molecule has 0 bridgehead atoms. The highest BCUT2D eigenvalue weighted by molar-refractivity contribution is 7.48. The van der Waals surface area contributed by atoms with Crippen molar-refractivity contribution in [3.05, 3.63) is 58.7 Å². The maximum Gasteiger partial charge on any atom is 0.150 e. The summed E-state index contributed by atoms with van der Waals surface area (Å²) in [7, 11) is 2.31. The zero-order chi connectivity index (χ0) is 20.9. The van der Waals surface area contributed by atoms with Crippen LogP contribution in [0.4, 0.5) is 0 Å². The van der Waals surface area contributed by atoms with Crippen LogP contribution in [0.3, 0.4) is 0 Å². The number of hydrogen-bond donors (Lipinski definition) is 0. The summed E-state index contributed by atoms with van der Waals surface area (Å²) in [6.07, 6.45) is 4.16. The Morgan fingerprint density at radius 3 is 2.25 bits per heavy atom. The molecule has 2 aromatic carbocycles. The Labute approximate surface area is 172 Å². The van der Waals surface area contributed by atoms with Gasteiger partial charge in [0.15, 0.2) is 6.29 Å². The third-order valence-electron chi connectivity index (χ3n) is 5.50. The van der Waals surface area contributed by atoms with E-state index in [1.54, 1.807) is 7.11 Å². The van der Waals surface area contributed by atoms with Crippen molar-refractivity contribution in [2.24, 2.45) is 0 Å². The minimum atomic E-state index is -0.0365. The lowest BCUT2D eigenvalue weighted by Crippen LogP contribution is -2.26. The van der Waals surface area contributed by atoms with Crippen molar-refractivity contribution in [3.8, 4) is 5.75 Å². The third kappa shape index (κ3) is 4.66. The second kappa shape index (κ2) is 9.23. The van der Waals surface area contributed by atoms with Gasteiger partial charge in [-0.1, -0.05) is 91.6 Å². The summed E-state index contributed by atoms with van der Waals surface area (Å²) in [6, 6.07) is 12.6. The Morgan fingerprint density at radius 2 is 1.71 bits per heavy atom. The lowest BCUT2D eigenvalue weighted by molar-refractivity contribution is 0.112. The first-order valence-electron chi connectivity index (χ1n) is 10.2. The van der Waals surface area contributed by atoms with Gasteiger partial charge in [-0.05, 0) is 30.5 Å². The van der Waals surface area contributed by atoms with Gasteiger partial charge in [-0.15, -0.1) is 0 Å². The van der Waals surface area contributed by atoms with E-state index in [0.717, 1.165) is 42.2 Å². The van der Waals surface area contributed by atoms with E-state index in [9.17, 15) is 4.79 Å². The molecular formula is C25H35O2P. The quantitative estimate of drug-likeness (QED) is 0.374. The SMILES string of the molecule is CCCC(CC)(Pc1ccccc1C=O)c1cc(C)cc(C(C)(C)C)c1OC. The number of carbonyl (C=O) groups is 1. The molecule has 3 heteroatoms. The summed E-state index contributed by atoms with van der Waals surface area (Å²) in [6.45, 7) is 13.4. The zero-order valence-corrected chi connectivity index (χ0v) is 19.5. The second-order valence-corrected chi connectivity index (χ2v) is 10.4. The minimum absolute atomic E-state index is 0.00161. The fraction of sp³-hybridized carbons (Fsp3) is 0.480. The standard InChI is InChI=1S/C25H35O2P/c1-8-14-25(9-2,28-22-13-11-10-12-19(22)17-26)21-16-18(3)15-20(23(21)27-7)24(4,5)6/h10-13,15-17,28H,8-9,14H2,1-7H3. The van der Waals surface area contributed by atoms with Crippen molar-refractivity contribution in [3.63, 3.8) is 0 Å². The van der Waals surface area contributed by atoms with Gasteiger partial charge in [-0.3, -0.25) is 4.79 Å². The Morgan fingerprint density at radius 1 is 1.07 bits per heavy atom. The van der Waals surface area contributed by atoms with Gasteiger partial charge in [0.2, 0.25) is 0 Å². The molecule has 2 aromatic rings. The molecule has 0 amide bonds. The van der Waals surface area contributed by atoms with Crippen molar-refractivity contribution in [2.45, 2.75) is 71.4 Å². The number of rotatable bonds is 8. The Bertz CT molecular complexity index is 820. The van der Waals surface area contributed by atoms with Crippen LogP contribution in [0.25, 0.3) is 0 Å². The molecule has 152 valence electrons. The maximum absolute atomic E-state index is 11.6. The number of aldehydes is 1. The van der Waals surface area contributed by atoms with Gasteiger partial charge in [0.1, 0.15) is 5.75 Å². The molecular weight excluding hydrogens is 363 g/mol. The summed E-state index contributed by atoms with van der Waals surface area (Å²) in [5, 5.41) is 1.11. The van der Waals surface area contributed by atoms with Gasteiger partial charge >= 0.3 is 0 Å². The van der Waals surface area contributed by atoms with Crippen LogP contribution in [-0.4, -0.2) is 13.4 Å². The van der Waals surface area contributed by atoms with Crippen LogP contribution in [0, 0.1) is 6.92 Å². The first-order valence-corrected chi connectivity index (χ1v) is 11.2. The highest BCUT2D eigenvalue weighted by atomic mass is 31.1. The fourth-order valence-electron chi connectivity index (χ4n) is 4.02. The van der Waals surface area contributed by atoms with Crippen LogP contribution in [0.5, 0.6) is 5.75 Å². The zero-order valence-electron chi connectivity index (χ0n) is 18.5. The predicted octanol–water partition coefficient (Wildman–Crippen LogP) is 6.52. The van der Waals surface area contributed by atoms with Crippen LogP contribution in [0.1, 0.15) is 80.9 Å². The smallest absolute Gasteiger partial charge is 0.150 e. The van der Waals surface area contributed by atoms with Gasteiger partial charge in [-0.2, -0.15) is 0 Å². The van der Waals surface area contributed by atoms with E-state index in [1.807, 2.05) is 18.2 Å². The number of benzene rings is 2. The number of hydrogen-bond acceptors (Lipinski definition) is 2. The fourth-order valence-corrected chi connectivity index (χ4v) is 5.88. The number of carbonyl (C=O) groups excluding carboxylic acids is 1. The van der Waals surface area contributed by atoms with Gasteiger partial charge in [-0.25, -0.2) is 0 Å². The first kappa shape index (κ1) is 22.6. The van der Waals surface area contributed by atoms with Crippen molar-refractivity contribution in [1.82, 2.24) is 0 Å². The molecule has 0 aromatic heterocycles. The van der Waals surface area contributed by atoms with Gasteiger partial charge in [0.25, 0.3) is 0 Å². The van der Waals surface area contributed by atoms with Crippen molar-refractivity contribution >= 4 is 20.2 Å². The molecule has 0 aliphatic rings. The Balaban J connectivity index is 2.75. The molecule has 2 atom stereocenters. The lowest BCUT2D eigenvalue weighted by Gasteiger charge is -2.37. The topological polar surface area (TPSA) is 26.3 Å². The highest BCUT2D eigenvalue weighted by Gasteiger charge is 2.36. The monoisotopic (exact) mass is 398 g/mol.